The van der Waals surface area contributed by atoms with Gasteiger partial charge in [-0.15, -0.1) is 0 Å². The topological polar surface area (TPSA) is 63.2 Å². The van der Waals surface area contributed by atoms with Crippen molar-refractivity contribution in [1.82, 2.24) is 5.32 Å². The highest BCUT2D eigenvalue weighted by Gasteiger charge is 2.48. The number of halogens is 4. The lowest BCUT2D eigenvalue weighted by Crippen LogP contribution is -2.46. The first kappa shape index (κ1) is 21.1. The molecule has 2 aliphatic carbocycles. The molecule has 1 amide bonds. The molecule has 2 aliphatic rings. The van der Waals surface area contributed by atoms with Crippen molar-refractivity contribution in [3.05, 3.63) is 29.8 Å². The molecule has 9 heteroatoms. The zero-order valence-electron chi connectivity index (χ0n) is 15.3. The fourth-order valence-corrected chi connectivity index (χ4v) is 5.76. The molecule has 0 aromatic heterocycles. The van der Waals surface area contributed by atoms with Gasteiger partial charge in [-0.1, -0.05) is 18.9 Å². The molecule has 0 heterocycles. The van der Waals surface area contributed by atoms with Crippen LogP contribution in [0.2, 0.25) is 0 Å². The minimum atomic E-state index is -4.71. The number of rotatable bonds is 4. The van der Waals surface area contributed by atoms with Crippen molar-refractivity contribution < 1.29 is 30.8 Å². The van der Waals surface area contributed by atoms with Crippen molar-refractivity contribution in [3.8, 4) is 0 Å². The van der Waals surface area contributed by atoms with Crippen molar-refractivity contribution in [3.63, 3.8) is 0 Å². The van der Waals surface area contributed by atoms with E-state index in [2.05, 4.69) is 5.32 Å². The number of hydrogen-bond acceptors (Lipinski definition) is 3. The first-order chi connectivity index (χ1) is 13.0. The Hall–Kier alpha value is -1.64. The van der Waals surface area contributed by atoms with E-state index in [-0.39, 0.29) is 43.6 Å². The summed E-state index contributed by atoms with van der Waals surface area (Å²) in [6, 6.07) is 2.87. The third-order valence-electron chi connectivity index (χ3n) is 5.76. The van der Waals surface area contributed by atoms with Gasteiger partial charge in [-0.05, 0) is 56.7 Å². The molecule has 1 N–H and O–H groups in total. The predicted octanol–water partition coefficient (Wildman–Crippen LogP) is 4.39. The Morgan fingerprint density at radius 1 is 1.07 bits per heavy atom. The fraction of sp³-hybridized carbons (Fsp3) is 0.632. The molecule has 3 rings (SSSR count). The summed E-state index contributed by atoms with van der Waals surface area (Å²) in [7, 11) is -4.59. The number of hydrogen-bond donors (Lipinski definition) is 1. The first-order valence-electron chi connectivity index (χ1n) is 9.44. The maximum atomic E-state index is 15.3. The predicted molar refractivity (Wildman–Crippen MR) is 94.8 cm³/mol. The van der Waals surface area contributed by atoms with Gasteiger partial charge in [0.05, 0.1) is 10.5 Å². The van der Waals surface area contributed by atoms with Gasteiger partial charge >= 0.3 is 6.18 Å². The Kier molecular flexibility index (Phi) is 5.76. The van der Waals surface area contributed by atoms with Gasteiger partial charge in [-0.2, -0.15) is 13.2 Å². The summed E-state index contributed by atoms with van der Waals surface area (Å²) in [5, 5.41) is 0.236. The van der Waals surface area contributed by atoms with Crippen LogP contribution in [0, 0.1) is 5.92 Å². The Labute approximate surface area is 161 Å². The number of amides is 1. The number of alkyl halides is 4. The molecule has 2 saturated carbocycles. The van der Waals surface area contributed by atoms with Gasteiger partial charge < -0.3 is 5.32 Å². The molecule has 4 nitrogen and oxygen atoms in total. The van der Waals surface area contributed by atoms with Gasteiger partial charge in [-0.3, -0.25) is 4.79 Å². The quantitative estimate of drug-likeness (QED) is 0.734. The van der Waals surface area contributed by atoms with Crippen LogP contribution in [0.25, 0.3) is 0 Å². The normalized spacial score (nSPS) is 26.9. The van der Waals surface area contributed by atoms with Gasteiger partial charge in [0.1, 0.15) is 0 Å². The lowest BCUT2D eigenvalue weighted by atomic mass is 9.92. The number of nitrogens with one attached hydrogen (secondary N) is 1. The third-order valence-corrected chi connectivity index (χ3v) is 8.00. The van der Waals surface area contributed by atoms with Crippen LogP contribution in [0.3, 0.4) is 0 Å². The highest BCUT2D eigenvalue weighted by molar-refractivity contribution is 7.92. The van der Waals surface area contributed by atoms with Crippen LogP contribution in [-0.4, -0.2) is 25.4 Å². The summed E-state index contributed by atoms with van der Waals surface area (Å²) in [4.78, 5) is 11.5. The van der Waals surface area contributed by atoms with Crippen molar-refractivity contribution in [2.45, 2.75) is 73.5 Å². The molecule has 1 aromatic rings. The lowest BCUT2D eigenvalue weighted by molar-refractivity contribution is -0.137. The molecule has 156 valence electrons. The largest absolute Gasteiger partial charge is 0.416 e. The van der Waals surface area contributed by atoms with Crippen LogP contribution in [0.1, 0.15) is 56.9 Å². The summed E-state index contributed by atoms with van der Waals surface area (Å²) in [6.07, 6.45) is -1.50. The molecule has 0 saturated heterocycles. The molecule has 0 unspecified atom stereocenters. The number of benzene rings is 1. The maximum Gasteiger partial charge on any atom is 0.416 e. The minimum absolute atomic E-state index is 0.0362. The number of carbonyl (C=O) groups is 1. The van der Waals surface area contributed by atoms with Crippen molar-refractivity contribution in [2.24, 2.45) is 5.92 Å². The third kappa shape index (κ3) is 4.18. The van der Waals surface area contributed by atoms with Crippen LogP contribution >= 0.6 is 0 Å². The second-order valence-corrected chi connectivity index (χ2v) is 9.89. The lowest BCUT2D eigenvalue weighted by Gasteiger charge is -2.34. The SMILES string of the molecule is O=C(N[C@H]1CC[C@@](F)(S(=O)(=O)c2cccc(C(F)(F)F)c2)CC1)C1CCCC1. The van der Waals surface area contributed by atoms with Crippen LogP contribution in [0.15, 0.2) is 29.2 Å². The molecule has 1 aromatic carbocycles. The minimum Gasteiger partial charge on any atom is -0.353 e. The van der Waals surface area contributed by atoms with E-state index in [1.807, 2.05) is 0 Å². The number of sulfone groups is 1. The van der Waals surface area contributed by atoms with E-state index in [0.717, 1.165) is 43.9 Å². The van der Waals surface area contributed by atoms with Gasteiger partial charge in [0.15, 0.2) is 0 Å². The summed E-state index contributed by atoms with van der Waals surface area (Å²) in [6.45, 7) is 0. The first-order valence-corrected chi connectivity index (χ1v) is 10.9. The Balaban J connectivity index is 1.69. The molecule has 0 spiro atoms. The van der Waals surface area contributed by atoms with E-state index in [0.29, 0.717) is 6.07 Å². The summed E-state index contributed by atoms with van der Waals surface area (Å²) in [5.41, 5.74) is -1.13. The average molecular weight is 421 g/mol. The molecular formula is C19H23F4NO3S. The Morgan fingerprint density at radius 3 is 2.25 bits per heavy atom. The van der Waals surface area contributed by atoms with E-state index in [9.17, 15) is 26.4 Å². The van der Waals surface area contributed by atoms with E-state index in [1.54, 1.807) is 0 Å². The van der Waals surface area contributed by atoms with Gasteiger partial charge in [0, 0.05) is 12.0 Å². The zero-order valence-corrected chi connectivity index (χ0v) is 16.1. The smallest absolute Gasteiger partial charge is 0.353 e. The molecule has 0 aliphatic heterocycles. The highest BCUT2D eigenvalue weighted by atomic mass is 32.2. The molecule has 0 atom stereocenters. The summed E-state index contributed by atoms with van der Waals surface area (Å²) < 4.78 is 79.3. The zero-order chi connectivity index (χ0) is 20.6. The van der Waals surface area contributed by atoms with E-state index >= 15 is 4.39 Å². The molecule has 28 heavy (non-hydrogen) atoms. The van der Waals surface area contributed by atoms with Crippen molar-refractivity contribution >= 4 is 15.7 Å². The summed E-state index contributed by atoms with van der Waals surface area (Å²) in [5.74, 6) is -0.111. The highest BCUT2D eigenvalue weighted by Crippen LogP contribution is 2.41. The molecule has 2 fully saturated rings. The van der Waals surface area contributed by atoms with Crippen LogP contribution in [-0.2, 0) is 20.8 Å². The maximum absolute atomic E-state index is 15.3. The second kappa shape index (κ2) is 7.65. The Bertz CT molecular complexity index is 824. The standard InChI is InChI=1S/C19H23F4NO3S/c20-18(28(26,27)16-7-3-6-14(12-16)19(21,22)23)10-8-15(9-11-18)24-17(25)13-4-1-2-5-13/h3,6-7,12-13,15H,1-2,4-5,8-11H2,(H,24,25)/t15-,18+. The van der Waals surface area contributed by atoms with Gasteiger partial charge in [0.25, 0.3) is 0 Å². The van der Waals surface area contributed by atoms with Crippen molar-refractivity contribution in [2.75, 3.05) is 0 Å². The molecule has 0 radical (unpaired) electrons. The van der Waals surface area contributed by atoms with E-state index in [1.165, 1.54) is 0 Å². The van der Waals surface area contributed by atoms with Crippen LogP contribution in [0.5, 0.6) is 0 Å². The van der Waals surface area contributed by atoms with Crippen LogP contribution in [0.4, 0.5) is 17.6 Å². The second-order valence-electron chi connectivity index (χ2n) is 7.68. The Morgan fingerprint density at radius 2 is 1.68 bits per heavy atom. The van der Waals surface area contributed by atoms with Gasteiger partial charge in [-0.25, -0.2) is 12.8 Å². The van der Waals surface area contributed by atoms with E-state index in [4.69, 9.17) is 0 Å². The fourth-order valence-electron chi connectivity index (χ4n) is 4.02. The summed E-state index contributed by atoms with van der Waals surface area (Å²) >= 11 is 0. The van der Waals surface area contributed by atoms with Gasteiger partial charge in [0.2, 0.25) is 20.7 Å². The average Bonchev–Trinajstić information content (AvgIpc) is 3.18. The van der Waals surface area contributed by atoms with Crippen LogP contribution < -0.4 is 5.32 Å². The monoisotopic (exact) mass is 421 g/mol. The van der Waals surface area contributed by atoms with E-state index < -0.39 is 31.5 Å². The molecule has 0 bridgehead atoms. The van der Waals surface area contributed by atoms with Crippen molar-refractivity contribution in [1.29, 1.82) is 0 Å². The number of carbonyl (C=O) groups excluding carboxylic acids is 1. The molecular weight excluding hydrogens is 398 g/mol.